The molecule has 1 aromatic heterocycles. The second kappa shape index (κ2) is 6.39. The number of hydrogen-bond acceptors (Lipinski definition) is 3. The molecular formula is C17H21NO2S. The van der Waals surface area contributed by atoms with Gasteiger partial charge in [0.05, 0.1) is 10.6 Å². The molecule has 0 fully saturated rings. The van der Waals surface area contributed by atoms with Crippen molar-refractivity contribution in [2.24, 2.45) is 0 Å². The first-order valence-corrected chi connectivity index (χ1v) is 8.78. The maximum absolute atomic E-state index is 12.3. The van der Waals surface area contributed by atoms with Gasteiger partial charge in [-0.25, -0.2) is 8.42 Å². The van der Waals surface area contributed by atoms with Gasteiger partial charge in [-0.1, -0.05) is 32.0 Å². The highest BCUT2D eigenvalue weighted by atomic mass is 32.2. The molecule has 112 valence electrons. The van der Waals surface area contributed by atoms with Crippen molar-refractivity contribution in [1.82, 2.24) is 4.98 Å². The third-order valence-corrected chi connectivity index (χ3v) is 5.27. The minimum Gasteiger partial charge on any atom is -0.261 e. The second-order valence-corrected chi connectivity index (χ2v) is 7.71. The van der Waals surface area contributed by atoms with Gasteiger partial charge in [0.15, 0.2) is 9.84 Å². The molecule has 4 heteroatoms. The summed E-state index contributed by atoms with van der Waals surface area (Å²) in [5.74, 6) is 0.513. The van der Waals surface area contributed by atoms with E-state index < -0.39 is 9.84 Å². The van der Waals surface area contributed by atoms with E-state index in [0.29, 0.717) is 17.2 Å². The maximum atomic E-state index is 12.3. The van der Waals surface area contributed by atoms with E-state index >= 15 is 0 Å². The Balaban J connectivity index is 2.09. The molecule has 0 bridgehead atoms. The van der Waals surface area contributed by atoms with Gasteiger partial charge >= 0.3 is 0 Å². The maximum Gasteiger partial charge on any atom is 0.178 e. The summed E-state index contributed by atoms with van der Waals surface area (Å²) < 4.78 is 24.7. The quantitative estimate of drug-likeness (QED) is 0.849. The lowest BCUT2D eigenvalue weighted by molar-refractivity contribution is 0.595. The van der Waals surface area contributed by atoms with E-state index in [1.807, 2.05) is 31.2 Å². The van der Waals surface area contributed by atoms with E-state index in [0.717, 1.165) is 16.8 Å². The summed E-state index contributed by atoms with van der Waals surface area (Å²) in [7, 11) is -3.24. The number of benzene rings is 1. The lowest BCUT2D eigenvalue weighted by atomic mass is 10.0. The number of pyridine rings is 1. The van der Waals surface area contributed by atoms with Crippen LogP contribution in [-0.4, -0.2) is 19.2 Å². The number of hydrogen-bond donors (Lipinski definition) is 0. The highest BCUT2D eigenvalue weighted by Crippen LogP contribution is 2.18. The average molecular weight is 303 g/mol. The van der Waals surface area contributed by atoms with Crippen LogP contribution in [0.25, 0.3) is 0 Å². The molecule has 0 unspecified atom stereocenters. The van der Waals surface area contributed by atoms with E-state index in [-0.39, 0.29) is 5.75 Å². The van der Waals surface area contributed by atoms with Crippen LogP contribution in [0.3, 0.4) is 0 Å². The predicted octanol–water partition coefficient (Wildman–Crippen LogP) is 3.53. The molecule has 0 saturated carbocycles. The predicted molar refractivity (Wildman–Crippen MR) is 85.3 cm³/mol. The summed E-state index contributed by atoms with van der Waals surface area (Å²) >= 11 is 0. The van der Waals surface area contributed by atoms with Crippen LogP contribution in [0.5, 0.6) is 0 Å². The molecule has 2 aromatic rings. The number of rotatable bonds is 5. The highest BCUT2D eigenvalue weighted by molar-refractivity contribution is 7.91. The fraction of sp³-hybridized carbons (Fsp3) is 0.353. The first-order chi connectivity index (χ1) is 9.88. The van der Waals surface area contributed by atoms with E-state index in [1.165, 1.54) is 0 Å². The van der Waals surface area contributed by atoms with Crippen molar-refractivity contribution >= 4 is 9.84 Å². The molecule has 0 spiro atoms. The van der Waals surface area contributed by atoms with Gasteiger partial charge in [-0.05, 0) is 48.6 Å². The Labute approximate surface area is 127 Å². The van der Waals surface area contributed by atoms with Crippen LogP contribution in [-0.2, 0) is 16.3 Å². The van der Waals surface area contributed by atoms with Crippen molar-refractivity contribution in [2.75, 3.05) is 5.75 Å². The third kappa shape index (κ3) is 4.14. The first-order valence-electron chi connectivity index (χ1n) is 7.13. The lowest BCUT2D eigenvalue weighted by Gasteiger charge is -2.08. The molecule has 0 aliphatic rings. The van der Waals surface area contributed by atoms with Gasteiger partial charge in [-0.3, -0.25) is 4.98 Å². The molecule has 3 nitrogen and oxygen atoms in total. The molecule has 1 heterocycles. The Morgan fingerprint density at radius 3 is 2.24 bits per heavy atom. The summed E-state index contributed by atoms with van der Waals surface area (Å²) in [6.45, 7) is 6.10. The monoisotopic (exact) mass is 303 g/mol. The van der Waals surface area contributed by atoms with Crippen LogP contribution in [0.1, 0.15) is 36.6 Å². The summed E-state index contributed by atoms with van der Waals surface area (Å²) in [6.07, 6.45) is 2.23. The summed E-state index contributed by atoms with van der Waals surface area (Å²) in [5, 5.41) is 0. The smallest absolute Gasteiger partial charge is 0.178 e. The molecule has 0 aliphatic carbocycles. The first kappa shape index (κ1) is 15.7. The van der Waals surface area contributed by atoms with Crippen molar-refractivity contribution in [3.05, 3.63) is 59.4 Å². The molecule has 0 saturated heterocycles. The van der Waals surface area contributed by atoms with Gasteiger partial charge in [0.2, 0.25) is 0 Å². The minimum atomic E-state index is -3.24. The Bertz CT molecular complexity index is 687. The Kier molecular flexibility index (Phi) is 4.78. The van der Waals surface area contributed by atoms with E-state index in [1.54, 1.807) is 18.3 Å². The third-order valence-electron chi connectivity index (χ3n) is 3.54. The van der Waals surface area contributed by atoms with Crippen molar-refractivity contribution in [3.63, 3.8) is 0 Å². The van der Waals surface area contributed by atoms with Crippen molar-refractivity contribution in [2.45, 2.75) is 38.0 Å². The van der Waals surface area contributed by atoms with Gasteiger partial charge in [-0.15, -0.1) is 0 Å². The van der Waals surface area contributed by atoms with Crippen LogP contribution >= 0.6 is 0 Å². The molecular weight excluding hydrogens is 282 g/mol. The number of aromatic nitrogens is 1. The highest BCUT2D eigenvalue weighted by Gasteiger charge is 2.14. The summed E-state index contributed by atoms with van der Waals surface area (Å²) in [5.41, 5.74) is 3.03. The van der Waals surface area contributed by atoms with Gasteiger partial charge in [0.1, 0.15) is 0 Å². The molecule has 0 N–H and O–H groups in total. The Hall–Kier alpha value is -1.68. The van der Waals surface area contributed by atoms with E-state index in [2.05, 4.69) is 18.8 Å². The van der Waals surface area contributed by atoms with Gasteiger partial charge in [0, 0.05) is 11.9 Å². The van der Waals surface area contributed by atoms with Gasteiger partial charge in [-0.2, -0.15) is 0 Å². The fourth-order valence-corrected chi connectivity index (χ4v) is 3.37. The minimum absolute atomic E-state index is 0.110. The average Bonchev–Trinajstić information content (AvgIpc) is 2.47. The van der Waals surface area contributed by atoms with Crippen LogP contribution in [0.2, 0.25) is 0 Å². The second-order valence-electron chi connectivity index (χ2n) is 5.60. The molecule has 0 radical (unpaired) electrons. The normalized spacial score (nSPS) is 11.8. The van der Waals surface area contributed by atoms with Crippen molar-refractivity contribution < 1.29 is 8.42 Å². The molecule has 21 heavy (non-hydrogen) atoms. The molecule has 0 amide bonds. The topological polar surface area (TPSA) is 47.0 Å². The number of nitrogens with zero attached hydrogens (tertiary/aromatic N) is 1. The van der Waals surface area contributed by atoms with Crippen LogP contribution in [0, 0.1) is 6.92 Å². The lowest BCUT2D eigenvalue weighted by Crippen LogP contribution is -2.09. The van der Waals surface area contributed by atoms with Crippen LogP contribution in [0.15, 0.2) is 47.5 Å². The van der Waals surface area contributed by atoms with Crippen molar-refractivity contribution in [1.29, 1.82) is 0 Å². The summed E-state index contributed by atoms with van der Waals surface area (Å²) in [4.78, 5) is 4.58. The van der Waals surface area contributed by atoms with Gasteiger partial charge in [0.25, 0.3) is 0 Å². The fourth-order valence-electron chi connectivity index (χ4n) is 2.08. The summed E-state index contributed by atoms with van der Waals surface area (Å²) in [6, 6.07) is 11.0. The molecule has 1 aromatic carbocycles. The zero-order chi connectivity index (χ0) is 15.5. The molecule has 0 aliphatic heterocycles. The van der Waals surface area contributed by atoms with Gasteiger partial charge < -0.3 is 0 Å². The zero-order valence-electron chi connectivity index (χ0n) is 12.7. The molecule has 2 rings (SSSR count). The Morgan fingerprint density at radius 1 is 1.05 bits per heavy atom. The number of aryl methyl sites for hydroxylation is 2. The zero-order valence-corrected chi connectivity index (χ0v) is 13.5. The number of sulfone groups is 1. The van der Waals surface area contributed by atoms with E-state index in [4.69, 9.17) is 0 Å². The van der Waals surface area contributed by atoms with E-state index in [9.17, 15) is 8.42 Å². The van der Waals surface area contributed by atoms with Crippen LogP contribution < -0.4 is 0 Å². The molecule has 0 atom stereocenters. The van der Waals surface area contributed by atoms with Crippen LogP contribution in [0.4, 0.5) is 0 Å². The van der Waals surface area contributed by atoms with Crippen molar-refractivity contribution in [3.8, 4) is 0 Å². The largest absolute Gasteiger partial charge is 0.261 e. The Morgan fingerprint density at radius 2 is 1.71 bits per heavy atom. The standard InChI is InChI=1S/C17H21NO2S/c1-13(2)16-6-8-17(9-7-16)21(19,20)11-10-15-5-4-14(3)18-12-15/h4-9,12-13H,10-11H2,1-3H3. The SMILES string of the molecule is Cc1ccc(CCS(=O)(=O)c2ccc(C(C)C)cc2)cn1.